The summed E-state index contributed by atoms with van der Waals surface area (Å²) in [7, 11) is -4.16. The zero-order valence-electron chi connectivity index (χ0n) is 18.5. The first-order valence-electron chi connectivity index (χ1n) is 10.9. The predicted molar refractivity (Wildman–Crippen MR) is 124 cm³/mol. The smallest absolute Gasteiger partial charge is 0.269 e. The number of hydrogen-bond donors (Lipinski definition) is 2. The van der Waals surface area contributed by atoms with Crippen LogP contribution in [0.2, 0.25) is 5.02 Å². The summed E-state index contributed by atoms with van der Waals surface area (Å²) in [5.41, 5.74) is -0.864. The molecule has 3 rings (SSSR count). The second-order valence-corrected chi connectivity index (χ2v) is 11.5. The van der Waals surface area contributed by atoms with Gasteiger partial charge in [0.05, 0.1) is 23.1 Å². The maximum absolute atomic E-state index is 13.8. The predicted octanol–water partition coefficient (Wildman–Crippen LogP) is 5.28. The largest absolute Gasteiger partial charge is 0.347 e. The molecule has 3 unspecified atom stereocenters. The molecule has 33 heavy (non-hydrogen) atoms. The van der Waals surface area contributed by atoms with E-state index >= 15 is 0 Å². The molecule has 2 aliphatic carbocycles. The van der Waals surface area contributed by atoms with Crippen molar-refractivity contribution >= 4 is 33.2 Å². The van der Waals surface area contributed by atoms with Gasteiger partial charge >= 0.3 is 0 Å². The maximum Gasteiger partial charge on any atom is 0.269 e. The monoisotopic (exact) mass is 499 g/mol. The number of carbonyl (C=O) groups is 1. The molecule has 0 spiro atoms. The number of nitriles is 1. The highest BCUT2D eigenvalue weighted by Gasteiger charge is 2.44. The summed E-state index contributed by atoms with van der Waals surface area (Å²) in [6.07, 6.45) is 3.79. The summed E-state index contributed by atoms with van der Waals surface area (Å²) in [5.74, 6) is -4.42. The maximum atomic E-state index is 13.8. The number of nitrogens with one attached hydrogen (secondary N) is 2. The molecule has 0 heterocycles. The Kier molecular flexibility index (Phi) is 7.39. The standard InChI is InChI=1S/C23H28ClF2N3O3S/c1-15(2)23(25,26)10-11-33(31,32)29-20-6-5-18(24)12-19(20)21(30)28-22-8-3-4-16(13-22)17(14-27)7-9-22/h5-6,12,16-17,29H,1,3-4,7-11,13H2,2H3,(H,28,30). The third-order valence-electron chi connectivity index (χ3n) is 6.73. The summed E-state index contributed by atoms with van der Waals surface area (Å²) < 4.78 is 54.9. The highest BCUT2D eigenvalue weighted by atomic mass is 35.5. The Morgan fingerprint density at radius 3 is 2.76 bits per heavy atom. The Bertz CT molecular complexity index is 1090. The molecule has 0 radical (unpaired) electrons. The highest BCUT2D eigenvalue weighted by molar-refractivity contribution is 7.92. The number of allylic oxidation sites excluding steroid dienone is 1. The number of rotatable bonds is 8. The van der Waals surface area contributed by atoms with Crippen molar-refractivity contribution in [2.75, 3.05) is 10.5 Å². The Morgan fingerprint density at radius 2 is 2.09 bits per heavy atom. The van der Waals surface area contributed by atoms with Gasteiger partial charge in [-0.2, -0.15) is 5.26 Å². The molecule has 2 N–H and O–H groups in total. The molecule has 10 heteroatoms. The molecular weight excluding hydrogens is 472 g/mol. The molecule has 0 aromatic heterocycles. The second kappa shape index (κ2) is 9.59. The van der Waals surface area contributed by atoms with Gasteiger partial charge in [-0.25, -0.2) is 17.2 Å². The van der Waals surface area contributed by atoms with Crippen molar-refractivity contribution in [3.05, 3.63) is 40.9 Å². The fraction of sp³-hybridized carbons (Fsp3) is 0.565. The summed E-state index contributed by atoms with van der Waals surface area (Å²) in [5, 5.41) is 12.7. The topological polar surface area (TPSA) is 99.1 Å². The van der Waals surface area contributed by atoms with E-state index in [9.17, 15) is 27.3 Å². The SMILES string of the molecule is C=C(C)C(F)(F)CCS(=O)(=O)Nc1ccc(Cl)cc1C(=O)NC12CCCC(C1)C(C#N)CC2. The molecule has 2 saturated carbocycles. The van der Waals surface area contributed by atoms with Crippen LogP contribution in [0.5, 0.6) is 0 Å². The van der Waals surface area contributed by atoms with Crippen LogP contribution in [0.3, 0.4) is 0 Å². The third-order valence-corrected chi connectivity index (χ3v) is 8.24. The lowest BCUT2D eigenvalue weighted by Crippen LogP contribution is -2.54. The number of hydrogen-bond acceptors (Lipinski definition) is 4. The molecule has 6 nitrogen and oxygen atoms in total. The van der Waals surface area contributed by atoms with E-state index in [-0.39, 0.29) is 28.1 Å². The summed E-state index contributed by atoms with van der Waals surface area (Å²) >= 11 is 6.07. The quantitative estimate of drug-likeness (QED) is 0.475. The van der Waals surface area contributed by atoms with Crippen LogP contribution in [-0.4, -0.2) is 31.5 Å². The summed E-state index contributed by atoms with van der Waals surface area (Å²) in [6, 6.07) is 6.49. The average Bonchev–Trinajstić information content (AvgIpc) is 2.74. The first kappa shape index (κ1) is 25.4. The number of fused-ring (bicyclic) bond motifs is 2. The number of sulfonamides is 1. The van der Waals surface area contributed by atoms with Crippen LogP contribution in [0, 0.1) is 23.2 Å². The molecule has 0 aliphatic heterocycles. The van der Waals surface area contributed by atoms with Crippen molar-refractivity contribution in [2.24, 2.45) is 11.8 Å². The van der Waals surface area contributed by atoms with Crippen molar-refractivity contribution in [1.82, 2.24) is 5.32 Å². The minimum atomic E-state index is -4.16. The van der Waals surface area contributed by atoms with Crippen molar-refractivity contribution in [2.45, 2.75) is 63.3 Å². The molecule has 2 bridgehead atoms. The summed E-state index contributed by atoms with van der Waals surface area (Å²) in [4.78, 5) is 13.2. The van der Waals surface area contributed by atoms with Gasteiger partial charge in [0.15, 0.2) is 0 Å². The van der Waals surface area contributed by atoms with Gasteiger partial charge in [-0.15, -0.1) is 0 Å². The fourth-order valence-corrected chi connectivity index (χ4v) is 6.10. The fourth-order valence-electron chi connectivity index (χ4n) is 4.79. The zero-order chi connectivity index (χ0) is 24.4. The van der Waals surface area contributed by atoms with E-state index < -0.39 is 45.1 Å². The lowest BCUT2D eigenvalue weighted by Gasteiger charge is -2.47. The van der Waals surface area contributed by atoms with Gasteiger partial charge in [0.1, 0.15) is 0 Å². The number of benzene rings is 1. The second-order valence-electron chi connectivity index (χ2n) is 9.21. The van der Waals surface area contributed by atoms with Crippen molar-refractivity contribution in [3.8, 4) is 6.07 Å². The zero-order valence-corrected chi connectivity index (χ0v) is 20.0. The van der Waals surface area contributed by atoms with Gasteiger partial charge in [0.2, 0.25) is 10.0 Å². The molecule has 180 valence electrons. The van der Waals surface area contributed by atoms with Crippen LogP contribution in [0.15, 0.2) is 30.4 Å². The highest BCUT2D eigenvalue weighted by Crippen LogP contribution is 2.45. The molecule has 0 saturated heterocycles. The van der Waals surface area contributed by atoms with E-state index in [1.165, 1.54) is 18.2 Å². The van der Waals surface area contributed by atoms with Crippen LogP contribution >= 0.6 is 11.6 Å². The van der Waals surface area contributed by atoms with Crippen molar-refractivity contribution < 1.29 is 22.0 Å². The van der Waals surface area contributed by atoms with Crippen molar-refractivity contribution in [1.29, 1.82) is 5.26 Å². The normalized spacial score (nSPS) is 25.1. The van der Waals surface area contributed by atoms with E-state index in [0.717, 1.165) is 26.2 Å². The molecule has 1 aromatic rings. The molecule has 2 fully saturated rings. The van der Waals surface area contributed by atoms with Crippen LogP contribution < -0.4 is 10.0 Å². The van der Waals surface area contributed by atoms with Crippen LogP contribution in [0.4, 0.5) is 14.5 Å². The Morgan fingerprint density at radius 1 is 1.36 bits per heavy atom. The average molecular weight is 500 g/mol. The van der Waals surface area contributed by atoms with Gasteiger partial charge < -0.3 is 5.32 Å². The van der Waals surface area contributed by atoms with Gasteiger partial charge in [-0.1, -0.05) is 24.6 Å². The molecule has 2 aliphatic rings. The van der Waals surface area contributed by atoms with E-state index in [4.69, 9.17) is 11.6 Å². The van der Waals surface area contributed by atoms with E-state index in [0.29, 0.717) is 19.3 Å². The van der Waals surface area contributed by atoms with Gasteiger partial charge in [0.25, 0.3) is 11.8 Å². The molecule has 1 amide bonds. The Hall–Kier alpha value is -2.18. The first-order chi connectivity index (χ1) is 15.4. The number of nitrogens with zero attached hydrogens (tertiary/aromatic N) is 1. The van der Waals surface area contributed by atoms with Gasteiger partial charge in [-0.05, 0) is 68.7 Å². The molecular formula is C23H28ClF2N3O3S. The number of halogens is 3. The van der Waals surface area contributed by atoms with Gasteiger partial charge in [0, 0.05) is 22.9 Å². The lowest BCUT2D eigenvalue weighted by atomic mass is 9.63. The Labute approximate surface area is 198 Å². The number of amides is 1. The van der Waals surface area contributed by atoms with Crippen molar-refractivity contribution in [3.63, 3.8) is 0 Å². The third kappa shape index (κ3) is 6.04. The number of anilines is 1. The Balaban J connectivity index is 1.78. The molecule has 3 atom stereocenters. The minimum absolute atomic E-state index is 0.0128. The lowest BCUT2D eigenvalue weighted by molar-refractivity contribution is 0.0390. The van der Waals surface area contributed by atoms with Crippen LogP contribution in [-0.2, 0) is 10.0 Å². The minimum Gasteiger partial charge on any atom is -0.347 e. The summed E-state index contributed by atoms with van der Waals surface area (Å²) in [6.45, 7) is 4.34. The van der Waals surface area contributed by atoms with Gasteiger partial charge in [-0.3, -0.25) is 9.52 Å². The first-order valence-corrected chi connectivity index (χ1v) is 13.0. The van der Waals surface area contributed by atoms with Crippen LogP contribution in [0.1, 0.15) is 62.2 Å². The number of alkyl halides is 2. The number of carbonyl (C=O) groups excluding carboxylic acids is 1. The van der Waals surface area contributed by atoms with Crippen LogP contribution in [0.25, 0.3) is 0 Å². The molecule has 1 aromatic carbocycles. The van der Waals surface area contributed by atoms with E-state index in [2.05, 4.69) is 22.7 Å². The van der Waals surface area contributed by atoms with E-state index in [1.54, 1.807) is 0 Å². The van der Waals surface area contributed by atoms with E-state index in [1.807, 2.05) is 0 Å².